The Hall–Kier alpha value is -1.86. The lowest BCUT2D eigenvalue weighted by Crippen LogP contribution is -2.15. The van der Waals surface area contributed by atoms with Gasteiger partial charge in [0.2, 0.25) is 0 Å². The Morgan fingerprint density at radius 2 is 1.70 bits per heavy atom. The fourth-order valence-electron chi connectivity index (χ4n) is 1.51. The van der Waals surface area contributed by atoms with E-state index < -0.39 is 26.6 Å². The van der Waals surface area contributed by atoms with Crippen LogP contribution in [0.4, 0.5) is 20.2 Å². The lowest BCUT2D eigenvalue weighted by Gasteiger charge is -2.10. The van der Waals surface area contributed by atoms with Crippen molar-refractivity contribution in [2.24, 2.45) is 0 Å². The van der Waals surface area contributed by atoms with Gasteiger partial charge in [0, 0.05) is 16.4 Å². The predicted molar refractivity (Wildman–Crippen MR) is 73.0 cm³/mol. The predicted octanol–water partition coefficient (Wildman–Crippen LogP) is 3.00. The number of rotatable bonds is 3. The van der Waals surface area contributed by atoms with Gasteiger partial charge >= 0.3 is 0 Å². The van der Waals surface area contributed by atoms with Crippen LogP contribution in [0.5, 0.6) is 0 Å². The maximum absolute atomic E-state index is 13.6. The lowest BCUT2D eigenvalue weighted by atomic mass is 10.3. The molecule has 0 amide bonds. The summed E-state index contributed by atoms with van der Waals surface area (Å²) in [6, 6.07) is 7.24. The Labute approximate surface area is 119 Å². The van der Waals surface area contributed by atoms with Crippen LogP contribution in [0.25, 0.3) is 0 Å². The van der Waals surface area contributed by atoms with Crippen LogP contribution < -0.4 is 10.5 Å². The third-order valence-corrected chi connectivity index (χ3v) is 4.04. The Bertz CT molecular complexity index is 749. The molecule has 0 saturated heterocycles. The summed E-state index contributed by atoms with van der Waals surface area (Å²) < 4.78 is 52.9. The molecule has 0 atom stereocenters. The quantitative estimate of drug-likeness (QED) is 0.854. The molecule has 106 valence electrons. The number of nitrogen functional groups attached to an aromatic ring is 1. The largest absolute Gasteiger partial charge is 0.399 e. The molecule has 2 aromatic rings. The van der Waals surface area contributed by atoms with Crippen molar-refractivity contribution in [3.8, 4) is 0 Å². The molecular weight excluding hydrogens is 310 g/mol. The van der Waals surface area contributed by atoms with Crippen molar-refractivity contribution in [2.45, 2.75) is 4.90 Å². The van der Waals surface area contributed by atoms with Gasteiger partial charge in [-0.1, -0.05) is 11.6 Å². The second kappa shape index (κ2) is 5.26. The SMILES string of the molecule is Nc1cc(F)c(F)c(S(=O)(=O)Nc2ccc(Cl)cc2)c1. The van der Waals surface area contributed by atoms with Crippen LogP contribution in [-0.4, -0.2) is 8.42 Å². The molecule has 0 aromatic heterocycles. The van der Waals surface area contributed by atoms with Gasteiger partial charge in [-0.3, -0.25) is 4.72 Å². The highest BCUT2D eigenvalue weighted by Gasteiger charge is 2.22. The first-order valence-electron chi connectivity index (χ1n) is 5.32. The van der Waals surface area contributed by atoms with Crippen LogP contribution in [0.1, 0.15) is 0 Å². The minimum atomic E-state index is -4.29. The van der Waals surface area contributed by atoms with E-state index >= 15 is 0 Å². The second-order valence-corrected chi connectivity index (χ2v) is 6.01. The molecule has 2 rings (SSSR count). The summed E-state index contributed by atoms with van der Waals surface area (Å²) in [5.41, 5.74) is 5.29. The number of anilines is 2. The summed E-state index contributed by atoms with van der Waals surface area (Å²) in [7, 11) is -4.29. The molecule has 0 aliphatic rings. The van der Waals surface area contributed by atoms with E-state index in [-0.39, 0.29) is 11.4 Å². The van der Waals surface area contributed by atoms with Gasteiger partial charge in [0.05, 0.1) is 0 Å². The molecule has 2 aromatic carbocycles. The van der Waals surface area contributed by atoms with Gasteiger partial charge in [-0.15, -0.1) is 0 Å². The third kappa shape index (κ3) is 3.00. The van der Waals surface area contributed by atoms with Gasteiger partial charge in [0.25, 0.3) is 10.0 Å². The fourth-order valence-corrected chi connectivity index (χ4v) is 2.81. The summed E-state index contributed by atoms with van der Waals surface area (Å²) >= 11 is 5.66. The molecular formula is C12H9ClF2N2O2S. The van der Waals surface area contributed by atoms with Gasteiger partial charge in [0.1, 0.15) is 4.90 Å². The number of hydrogen-bond donors (Lipinski definition) is 2. The standard InChI is InChI=1S/C12H9ClF2N2O2S/c13-7-1-3-9(4-2-7)17-20(18,19)11-6-8(16)5-10(14)12(11)15/h1-6,17H,16H2. The summed E-state index contributed by atoms with van der Waals surface area (Å²) in [5.74, 6) is -2.82. The molecule has 3 N–H and O–H groups in total. The molecule has 0 spiro atoms. The highest BCUT2D eigenvalue weighted by atomic mass is 35.5. The van der Waals surface area contributed by atoms with Crippen molar-refractivity contribution in [1.82, 2.24) is 0 Å². The van der Waals surface area contributed by atoms with E-state index in [1.54, 1.807) is 0 Å². The maximum Gasteiger partial charge on any atom is 0.265 e. The number of halogens is 3. The van der Waals surface area contributed by atoms with E-state index in [0.29, 0.717) is 11.1 Å². The van der Waals surface area contributed by atoms with Crippen LogP contribution in [0.2, 0.25) is 5.02 Å². The zero-order valence-electron chi connectivity index (χ0n) is 9.90. The van der Waals surface area contributed by atoms with Gasteiger partial charge in [-0.05, 0) is 36.4 Å². The topological polar surface area (TPSA) is 72.2 Å². The minimum Gasteiger partial charge on any atom is -0.399 e. The number of nitrogens with two attached hydrogens (primary N) is 1. The van der Waals surface area contributed by atoms with Gasteiger partial charge in [-0.2, -0.15) is 0 Å². The lowest BCUT2D eigenvalue weighted by molar-refractivity contribution is 0.486. The normalized spacial score (nSPS) is 11.3. The Morgan fingerprint density at radius 3 is 2.30 bits per heavy atom. The van der Waals surface area contributed by atoms with E-state index in [1.807, 2.05) is 0 Å². The Balaban J connectivity index is 2.43. The molecule has 0 unspecified atom stereocenters. The molecule has 0 aliphatic heterocycles. The van der Waals surface area contributed by atoms with Crippen molar-refractivity contribution in [3.05, 3.63) is 53.1 Å². The van der Waals surface area contributed by atoms with E-state index in [1.165, 1.54) is 24.3 Å². The van der Waals surface area contributed by atoms with E-state index in [4.69, 9.17) is 17.3 Å². The van der Waals surface area contributed by atoms with Crippen LogP contribution in [-0.2, 0) is 10.0 Å². The molecule has 8 heteroatoms. The summed E-state index contributed by atoms with van der Waals surface area (Å²) in [6.45, 7) is 0. The van der Waals surface area contributed by atoms with Gasteiger partial charge in [-0.25, -0.2) is 17.2 Å². The summed E-state index contributed by atoms with van der Waals surface area (Å²) in [5, 5.41) is 0.411. The molecule has 20 heavy (non-hydrogen) atoms. The molecule has 0 heterocycles. The van der Waals surface area contributed by atoms with Crippen molar-refractivity contribution in [1.29, 1.82) is 0 Å². The van der Waals surface area contributed by atoms with Crippen LogP contribution in [0.15, 0.2) is 41.3 Å². The van der Waals surface area contributed by atoms with Crippen molar-refractivity contribution in [2.75, 3.05) is 10.5 Å². The van der Waals surface area contributed by atoms with Crippen molar-refractivity contribution >= 4 is 33.0 Å². The van der Waals surface area contributed by atoms with Crippen molar-refractivity contribution < 1.29 is 17.2 Å². The second-order valence-electron chi connectivity index (χ2n) is 3.93. The van der Waals surface area contributed by atoms with E-state index in [2.05, 4.69) is 4.72 Å². The molecule has 0 radical (unpaired) electrons. The average Bonchev–Trinajstić information content (AvgIpc) is 2.36. The monoisotopic (exact) mass is 318 g/mol. The molecule has 0 bridgehead atoms. The molecule has 0 aliphatic carbocycles. The molecule has 0 fully saturated rings. The van der Waals surface area contributed by atoms with E-state index in [0.717, 1.165) is 6.07 Å². The first-order valence-corrected chi connectivity index (χ1v) is 7.18. The highest BCUT2D eigenvalue weighted by Crippen LogP contribution is 2.24. The van der Waals surface area contributed by atoms with Gasteiger partial charge < -0.3 is 5.73 Å². The maximum atomic E-state index is 13.6. The van der Waals surface area contributed by atoms with Crippen LogP contribution >= 0.6 is 11.6 Å². The molecule has 4 nitrogen and oxygen atoms in total. The Morgan fingerprint density at radius 1 is 1.10 bits per heavy atom. The first-order chi connectivity index (χ1) is 9.29. The Kier molecular flexibility index (Phi) is 3.82. The molecule has 0 saturated carbocycles. The zero-order chi connectivity index (χ0) is 14.9. The summed E-state index contributed by atoms with van der Waals surface area (Å²) in [4.78, 5) is -0.857. The number of nitrogens with one attached hydrogen (secondary N) is 1. The zero-order valence-corrected chi connectivity index (χ0v) is 11.5. The minimum absolute atomic E-state index is 0.164. The number of hydrogen-bond acceptors (Lipinski definition) is 3. The van der Waals surface area contributed by atoms with Crippen LogP contribution in [0, 0.1) is 11.6 Å². The average molecular weight is 319 g/mol. The number of benzene rings is 2. The first kappa shape index (κ1) is 14.5. The highest BCUT2D eigenvalue weighted by molar-refractivity contribution is 7.92. The summed E-state index contributed by atoms with van der Waals surface area (Å²) in [6.07, 6.45) is 0. The van der Waals surface area contributed by atoms with Crippen molar-refractivity contribution in [3.63, 3.8) is 0 Å². The van der Waals surface area contributed by atoms with Crippen LogP contribution in [0.3, 0.4) is 0 Å². The van der Waals surface area contributed by atoms with Gasteiger partial charge in [0.15, 0.2) is 11.6 Å². The third-order valence-electron chi connectivity index (χ3n) is 2.40. The number of sulfonamides is 1. The fraction of sp³-hybridized carbons (Fsp3) is 0. The van der Waals surface area contributed by atoms with E-state index in [9.17, 15) is 17.2 Å². The smallest absolute Gasteiger partial charge is 0.265 e.